The molecule has 0 bridgehead atoms. The van der Waals surface area contributed by atoms with Crippen LogP contribution in [0.3, 0.4) is 0 Å². The first-order valence-electron chi connectivity index (χ1n) is 21.5. The number of aryl methyl sites for hydroxylation is 1. The molecule has 2 heterocycles. The zero-order chi connectivity index (χ0) is 43.4. The Bertz CT molecular complexity index is 3180. The van der Waals surface area contributed by atoms with Crippen molar-refractivity contribution in [1.29, 1.82) is 0 Å². The summed E-state index contributed by atoms with van der Waals surface area (Å²) >= 11 is 0. The Hall–Kier alpha value is -7.56. The molecule has 10 rings (SSSR count). The number of aromatic nitrogens is 2. The monoisotopic (exact) mass is 1020 g/mol. The maximum absolute atomic E-state index is 12.8. The van der Waals surface area contributed by atoms with Gasteiger partial charge in [-0.3, -0.25) is 14.8 Å². The van der Waals surface area contributed by atoms with Gasteiger partial charge in [-0.25, -0.2) is 0 Å². The Morgan fingerprint density at radius 2 is 0.908 bits per heavy atom. The number of nitrogens with zero attached hydrogens (tertiary/aromatic N) is 2. The zero-order valence-corrected chi connectivity index (χ0v) is 38.0. The molecule has 315 valence electrons. The van der Waals surface area contributed by atoms with Crippen LogP contribution in [0.5, 0.6) is 0 Å². The molecule has 1 radical (unpaired) electrons. The number of hydrogen-bond acceptors (Lipinski definition) is 4. The zero-order valence-electron chi connectivity index (χ0n) is 35.6. The Morgan fingerprint density at radius 1 is 0.492 bits per heavy atom. The molecule has 1 N–H and O–H groups in total. The number of aliphatic hydroxyl groups excluding tert-OH is 1. The third-order valence-electron chi connectivity index (χ3n) is 11.7. The van der Waals surface area contributed by atoms with Crippen molar-refractivity contribution >= 4 is 27.6 Å². The smallest absolute Gasteiger partial charge is 0.159 e. The average molecular weight is 1020 g/mol. The predicted octanol–water partition coefficient (Wildman–Crippen LogP) is 15.0. The minimum absolute atomic E-state index is 0. The Morgan fingerprint density at radius 3 is 1.37 bits per heavy atom. The van der Waals surface area contributed by atoms with Gasteiger partial charge in [0.1, 0.15) is 0 Å². The third kappa shape index (κ3) is 9.25. The number of allylic oxidation sites excluding steroid dienone is 2. The van der Waals surface area contributed by atoms with Crippen molar-refractivity contribution in [2.24, 2.45) is 0 Å². The molecule has 0 saturated heterocycles. The predicted molar refractivity (Wildman–Crippen MR) is 262 cm³/mol. The summed E-state index contributed by atoms with van der Waals surface area (Å²) in [6.07, 6.45) is 2.13. The van der Waals surface area contributed by atoms with E-state index in [1.165, 1.54) is 13.0 Å². The molecule has 5 heteroatoms. The standard InChI is InChI=1S/C60H42N2O2.Ir/c1-40(63)36-51(64)33-30-41-12-2-5-15-52(41)48-37-49(55-18-8-6-16-53(55)42-22-26-46(27-23-42)59-34-31-44-13-3-10-20-57(44)61-59)39-50(38-48)56-19-9-7-17-54(56)43-24-28-47(29-25-43)60-35-32-45-14-4-11-21-58(45)62-60;/h2-26,28,31-32,34-39,63H,30,33H2,1H3;/q-2;/b40-36-;. The number of hydrogen-bond donors (Lipinski definition) is 1. The fraction of sp³-hybridized carbons (Fsp3) is 0.0500. The van der Waals surface area contributed by atoms with Crippen molar-refractivity contribution in [3.05, 3.63) is 230 Å². The average Bonchev–Trinajstić information content (AvgIpc) is 3.35. The topological polar surface area (TPSA) is 63.1 Å². The summed E-state index contributed by atoms with van der Waals surface area (Å²) in [5.74, 6) is -0.0892. The van der Waals surface area contributed by atoms with E-state index in [2.05, 4.69) is 170 Å². The first-order chi connectivity index (χ1) is 31.4. The molecule has 0 amide bonds. The van der Waals surface area contributed by atoms with E-state index in [1.54, 1.807) is 0 Å². The number of rotatable bonds is 11. The molecule has 0 aliphatic heterocycles. The summed E-state index contributed by atoms with van der Waals surface area (Å²) < 4.78 is 0. The summed E-state index contributed by atoms with van der Waals surface area (Å²) in [5, 5.41) is 12.0. The molecule has 0 aliphatic rings. The molecule has 0 spiro atoms. The molecule has 4 nitrogen and oxygen atoms in total. The molecule has 0 fully saturated rings. The summed E-state index contributed by atoms with van der Waals surface area (Å²) in [6.45, 7) is 1.53. The number of benzene rings is 8. The van der Waals surface area contributed by atoms with Gasteiger partial charge in [-0.2, -0.15) is 0 Å². The number of ketones is 1. The van der Waals surface area contributed by atoms with Crippen molar-refractivity contribution in [1.82, 2.24) is 9.97 Å². The molecule has 10 aromatic rings. The first-order valence-corrected chi connectivity index (χ1v) is 21.5. The van der Waals surface area contributed by atoms with Crippen LogP contribution in [-0.4, -0.2) is 20.9 Å². The number of para-hydroxylation sites is 2. The van der Waals surface area contributed by atoms with Crippen LogP contribution in [0.25, 0.3) is 100.0 Å². The normalized spacial score (nSPS) is 11.4. The van der Waals surface area contributed by atoms with Gasteiger partial charge in [0.05, 0.1) is 16.8 Å². The van der Waals surface area contributed by atoms with E-state index >= 15 is 0 Å². The third-order valence-corrected chi connectivity index (χ3v) is 11.7. The number of fused-ring (bicyclic) bond motifs is 2. The summed E-state index contributed by atoms with van der Waals surface area (Å²) in [7, 11) is 0. The van der Waals surface area contributed by atoms with E-state index in [9.17, 15) is 9.90 Å². The summed E-state index contributed by atoms with van der Waals surface area (Å²) in [4.78, 5) is 22.6. The SMILES string of the molecule is C/C(O)=C/C(=O)CCc1ccccc1-c1cc(-c2ccccc2-c2c[c-]c(-c3ccc4ccccc4n3)cc2)cc(-c2ccccc2-c2c[c-]c(-c3ccc4ccccc4n3)cc2)c1.[Ir]. The second-order valence-electron chi connectivity index (χ2n) is 16.1. The van der Waals surface area contributed by atoms with Crippen LogP contribution in [0.4, 0.5) is 0 Å². The van der Waals surface area contributed by atoms with Gasteiger partial charge < -0.3 is 5.11 Å². The molecule has 8 aromatic carbocycles. The molecular formula is C60H42IrN2O2-2. The van der Waals surface area contributed by atoms with E-state index in [0.717, 1.165) is 106 Å². The summed E-state index contributed by atoms with van der Waals surface area (Å²) in [6, 6.07) is 76.6. The van der Waals surface area contributed by atoms with E-state index in [1.807, 2.05) is 42.5 Å². The minimum Gasteiger partial charge on any atom is -0.512 e. The second-order valence-corrected chi connectivity index (χ2v) is 16.1. The van der Waals surface area contributed by atoms with Crippen molar-refractivity contribution < 1.29 is 30.0 Å². The van der Waals surface area contributed by atoms with E-state index in [4.69, 9.17) is 9.97 Å². The minimum atomic E-state index is -0.106. The van der Waals surface area contributed by atoms with Gasteiger partial charge in [0.15, 0.2) is 5.78 Å². The number of carbonyl (C=O) groups excluding carboxylic acids is 1. The number of aliphatic hydroxyl groups is 1. The molecule has 2 aromatic heterocycles. The van der Waals surface area contributed by atoms with Crippen molar-refractivity contribution in [3.8, 4) is 78.1 Å². The van der Waals surface area contributed by atoms with Crippen molar-refractivity contribution in [3.63, 3.8) is 0 Å². The molecular weight excluding hydrogens is 973 g/mol. The fourth-order valence-electron chi connectivity index (χ4n) is 8.59. The van der Waals surface area contributed by atoms with Gasteiger partial charge in [-0.05, 0) is 105 Å². The van der Waals surface area contributed by atoms with Crippen LogP contribution in [0.15, 0.2) is 212 Å². The van der Waals surface area contributed by atoms with Crippen LogP contribution in [0, 0.1) is 12.1 Å². The first kappa shape index (κ1) is 42.7. The van der Waals surface area contributed by atoms with Gasteiger partial charge in [0, 0.05) is 32.6 Å². The Balaban J connectivity index is 0.00000533. The van der Waals surface area contributed by atoms with Crippen molar-refractivity contribution in [2.75, 3.05) is 0 Å². The second kappa shape index (κ2) is 19.0. The molecule has 0 unspecified atom stereocenters. The quantitative estimate of drug-likeness (QED) is 0.0797. The van der Waals surface area contributed by atoms with Gasteiger partial charge >= 0.3 is 0 Å². The maximum atomic E-state index is 12.8. The van der Waals surface area contributed by atoms with Gasteiger partial charge in [-0.15, -0.1) is 59.7 Å². The van der Waals surface area contributed by atoms with E-state index in [0.29, 0.717) is 6.42 Å². The van der Waals surface area contributed by atoms with E-state index < -0.39 is 0 Å². The fourth-order valence-corrected chi connectivity index (χ4v) is 8.59. The molecule has 65 heavy (non-hydrogen) atoms. The Labute approximate surface area is 393 Å². The van der Waals surface area contributed by atoms with Gasteiger partial charge in [0.2, 0.25) is 0 Å². The largest absolute Gasteiger partial charge is 0.512 e. The van der Waals surface area contributed by atoms with Crippen molar-refractivity contribution in [2.45, 2.75) is 19.8 Å². The Kier molecular flexibility index (Phi) is 12.5. The number of pyridine rings is 2. The molecule has 0 aliphatic carbocycles. The van der Waals surface area contributed by atoms with Gasteiger partial charge in [0.25, 0.3) is 0 Å². The summed E-state index contributed by atoms with van der Waals surface area (Å²) in [5.41, 5.74) is 17.3. The molecule has 0 saturated carbocycles. The van der Waals surface area contributed by atoms with Crippen LogP contribution in [-0.2, 0) is 31.3 Å². The molecule has 0 atom stereocenters. The number of carbonyl (C=O) groups is 1. The maximum Gasteiger partial charge on any atom is 0.159 e. The van der Waals surface area contributed by atoms with Crippen LogP contribution >= 0.6 is 0 Å². The van der Waals surface area contributed by atoms with Gasteiger partial charge in [-0.1, -0.05) is 156 Å². The van der Waals surface area contributed by atoms with Crippen LogP contribution in [0.2, 0.25) is 0 Å². The van der Waals surface area contributed by atoms with Crippen LogP contribution < -0.4 is 0 Å². The van der Waals surface area contributed by atoms with Crippen LogP contribution in [0.1, 0.15) is 18.9 Å². The van der Waals surface area contributed by atoms with E-state index in [-0.39, 0.29) is 38.1 Å².